The first-order chi connectivity index (χ1) is 8.78. The molecule has 1 unspecified atom stereocenters. The third-order valence-electron chi connectivity index (χ3n) is 5.03. The molecule has 3 heteroatoms. The lowest BCUT2D eigenvalue weighted by molar-refractivity contribution is -0.317. The Balaban J connectivity index is 1.76. The second kappa shape index (κ2) is 4.31. The molecule has 3 nitrogen and oxygen atoms in total. The number of hydrogen-bond donors (Lipinski definition) is 1. The van der Waals surface area contributed by atoms with E-state index in [-0.39, 0.29) is 17.2 Å². The predicted octanol–water partition coefficient (Wildman–Crippen LogP) is 2.90. The quantitative estimate of drug-likeness (QED) is 0.779. The first-order valence-corrected chi connectivity index (χ1v) is 7.61. The number of rotatable bonds is 2. The molecule has 3 aliphatic rings. The number of nitrogens with zero attached hydrogens (tertiary/aromatic N) is 1. The molecular formula is C16H27NO2. The molecule has 2 fully saturated rings. The third-order valence-corrected chi connectivity index (χ3v) is 5.03. The largest absolute Gasteiger partial charge is 0.393 e. The number of allylic oxidation sites excluding steroid dienone is 1. The fraction of sp³-hybridized carbons (Fsp3) is 0.875. The highest BCUT2D eigenvalue weighted by atomic mass is 16.7. The topological polar surface area (TPSA) is 32.7 Å². The highest BCUT2D eigenvalue weighted by Crippen LogP contribution is 2.45. The van der Waals surface area contributed by atoms with Crippen LogP contribution in [0.25, 0.3) is 0 Å². The Hall–Kier alpha value is -0.380. The van der Waals surface area contributed by atoms with E-state index in [1.807, 2.05) is 0 Å². The summed E-state index contributed by atoms with van der Waals surface area (Å²) in [4.78, 5) is 6.44. The maximum atomic E-state index is 10.1. The van der Waals surface area contributed by atoms with Gasteiger partial charge in [-0.1, -0.05) is 12.2 Å². The van der Waals surface area contributed by atoms with Gasteiger partial charge in [0.2, 0.25) is 0 Å². The lowest BCUT2D eigenvalue weighted by Crippen LogP contribution is -2.62. The minimum Gasteiger partial charge on any atom is -0.393 e. The monoisotopic (exact) mass is 265 g/mol. The molecule has 2 aliphatic carbocycles. The van der Waals surface area contributed by atoms with Crippen LogP contribution >= 0.6 is 0 Å². The second-order valence-corrected chi connectivity index (χ2v) is 7.91. The summed E-state index contributed by atoms with van der Waals surface area (Å²) in [6, 6.07) is 0. The van der Waals surface area contributed by atoms with Crippen molar-refractivity contribution in [3.8, 4) is 0 Å². The molecule has 1 heterocycles. The zero-order valence-electron chi connectivity index (χ0n) is 12.6. The molecule has 1 aliphatic heterocycles. The number of hydrogen-bond acceptors (Lipinski definition) is 3. The van der Waals surface area contributed by atoms with E-state index in [9.17, 15) is 5.11 Å². The third kappa shape index (κ3) is 2.37. The van der Waals surface area contributed by atoms with E-state index in [0.29, 0.717) is 12.0 Å². The van der Waals surface area contributed by atoms with Gasteiger partial charge in [0.25, 0.3) is 0 Å². The summed E-state index contributed by atoms with van der Waals surface area (Å²) in [6.07, 6.45) is 8.79. The summed E-state index contributed by atoms with van der Waals surface area (Å²) < 4.78 is 0. The molecule has 1 saturated heterocycles. The van der Waals surface area contributed by atoms with E-state index in [0.717, 1.165) is 25.2 Å². The van der Waals surface area contributed by atoms with Crippen LogP contribution in [0.5, 0.6) is 0 Å². The Bertz CT molecular complexity index is 370. The lowest BCUT2D eigenvalue weighted by atomic mass is 9.80. The minimum atomic E-state index is -0.218. The molecule has 108 valence electrons. The first-order valence-electron chi connectivity index (χ1n) is 7.61. The molecular weight excluding hydrogens is 238 g/mol. The molecule has 0 spiro atoms. The summed E-state index contributed by atoms with van der Waals surface area (Å²) in [5.74, 6) is 1.33. The normalized spacial score (nSPS) is 41.0. The number of aliphatic hydroxyl groups excluding tert-OH is 1. The van der Waals surface area contributed by atoms with Crippen molar-refractivity contribution in [3.63, 3.8) is 0 Å². The van der Waals surface area contributed by atoms with Crippen molar-refractivity contribution in [1.29, 1.82) is 0 Å². The van der Waals surface area contributed by atoms with Gasteiger partial charge in [-0.25, -0.2) is 0 Å². The molecule has 0 aromatic rings. The van der Waals surface area contributed by atoms with Gasteiger partial charge < -0.3 is 5.11 Å². The summed E-state index contributed by atoms with van der Waals surface area (Å²) in [5, 5.41) is 12.3. The Kier molecular flexibility index (Phi) is 3.08. The van der Waals surface area contributed by atoms with E-state index >= 15 is 0 Å². The fourth-order valence-corrected chi connectivity index (χ4v) is 4.48. The zero-order valence-corrected chi connectivity index (χ0v) is 12.6. The summed E-state index contributed by atoms with van der Waals surface area (Å²) in [7, 11) is 0. The average molecular weight is 265 g/mol. The Morgan fingerprint density at radius 3 is 2.16 bits per heavy atom. The van der Waals surface area contributed by atoms with Crippen molar-refractivity contribution >= 4 is 0 Å². The first kappa shape index (κ1) is 13.6. The molecule has 1 saturated carbocycles. The number of fused-ring (bicyclic) bond motifs is 2. The van der Waals surface area contributed by atoms with Crippen LogP contribution < -0.4 is 0 Å². The standard InChI is InChI=1S/C16H27NO2/c1-15(2)9-13(18)10-16(3,4)17(15)19-14-8-11-5-6-12(14)7-11/h5-6,11-14,18H,7-10H2,1-4H3/t11-,12+,14?/m0/s1. The van der Waals surface area contributed by atoms with Gasteiger partial charge >= 0.3 is 0 Å². The summed E-state index contributed by atoms with van der Waals surface area (Å²) in [6.45, 7) is 8.72. The molecule has 2 bridgehead atoms. The number of hydroxylamine groups is 2. The van der Waals surface area contributed by atoms with Gasteiger partial charge in [-0.15, -0.1) is 0 Å². The lowest BCUT2D eigenvalue weighted by Gasteiger charge is -2.54. The second-order valence-electron chi connectivity index (χ2n) is 7.91. The van der Waals surface area contributed by atoms with Crippen LogP contribution in [0.4, 0.5) is 0 Å². The number of piperidine rings is 1. The fourth-order valence-electron chi connectivity index (χ4n) is 4.48. The van der Waals surface area contributed by atoms with Crippen LogP contribution in [0.1, 0.15) is 53.4 Å². The van der Waals surface area contributed by atoms with Gasteiger partial charge in [-0.05, 0) is 59.3 Å². The van der Waals surface area contributed by atoms with Crippen LogP contribution in [0.2, 0.25) is 0 Å². The van der Waals surface area contributed by atoms with Crippen molar-refractivity contribution in [2.75, 3.05) is 0 Å². The van der Waals surface area contributed by atoms with Crippen molar-refractivity contribution in [2.24, 2.45) is 11.8 Å². The summed E-state index contributed by atoms with van der Waals surface area (Å²) in [5.41, 5.74) is -0.209. The highest BCUT2D eigenvalue weighted by Gasteiger charge is 2.49. The maximum absolute atomic E-state index is 10.1. The van der Waals surface area contributed by atoms with Gasteiger partial charge in [-0.2, -0.15) is 5.06 Å². The van der Waals surface area contributed by atoms with E-state index < -0.39 is 0 Å². The molecule has 0 radical (unpaired) electrons. The van der Waals surface area contributed by atoms with Gasteiger partial charge in [-0.3, -0.25) is 4.84 Å². The van der Waals surface area contributed by atoms with Gasteiger partial charge in [0.15, 0.2) is 0 Å². The van der Waals surface area contributed by atoms with E-state index in [4.69, 9.17) is 4.84 Å². The van der Waals surface area contributed by atoms with Crippen LogP contribution in [0.3, 0.4) is 0 Å². The maximum Gasteiger partial charge on any atom is 0.0861 e. The van der Waals surface area contributed by atoms with Gasteiger partial charge in [0, 0.05) is 17.0 Å². The molecule has 3 rings (SSSR count). The summed E-state index contributed by atoms with van der Waals surface area (Å²) >= 11 is 0. The van der Waals surface area contributed by atoms with Crippen molar-refractivity contribution in [2.45, 2.75) is 76.7 Å². The molecule has 3 atom stereocenters. The molecule has 0 aromatic heterocycles. The minimum absolute atomic E-state index is 0.104. The van der Waals surface area contributed by atoms with Crippen molar-refractivity contribution in [3.05, 3.63) is 12.2 Å². The predicted molar refractivity (Wildman–Crippen MR) is 75.5 cm³/mol. The smallest absolute Gasteiger partial charge is 0.0861 e. The number of aliphatic hydroxyl groups is 1. The molecule has 0 amide bonds. The SMILES string of the molecule is CC1(C)CC(O)CC(C)(C)N1OC1C[C@H]2C=C[C@@H]1C2. The molecule has 19 heavy (non-hydrogen) atoms. The highest BCUT2D eigenvalue weighted by molar-refractivity contribution is 5.11. The van der Waals surface area contributed by atoms with Crippen molar-refractivity contribution < 1.29 is 9.94 Å². The van der Waals surface area contributed by atoms with Gasteiger partial charge in [0.05, 0.1) is 12.2 Å². The Morgan fingerprint density at radius 1 is 1.05 bits per heavy atom. The zero-order chi connectivity index (χ0) is 13.8. The van der Waals surface area contributed by atoms with Gasteiger partial charge in [0.1, 0.15) is 0 Å². The van der Waals surface area contributed by atoms with Crippen LogP contribution in [-0.2, 0) is 4.84 Å². The molecule has 1 N–H and O–H groups in total. The van der Waals surface area contributed by atoms with E-state index in [2.05, 4.69) is 44.9 Å². The average Bonchev–Trinajstić information content (AvgIpc) is 2.83. The van der Waals surface area contributed by atoms with Crippen LogP contribution in [0.15, 0.2) is 12.2 Å². The van der Waals surface area contributed by atoms with Crippen LogP contribution in [-0.4, -0.2) is 33.5 Å². The van der Waals surface area contributed by atoms with E-state index in [1.165, 1.54) is 6.42 Å². The Morgan fingerprint density at radius 2 is 1.68 bits per heavy atom. The van der Waals surface area contributed by atoms with Crippen LogP contribution in [0, 0.1) is 11.8 Å². The van der Waals surface area contributed by atoms with Crippen molar-refractivity contribution in [1.82, 2.24) is 5.06 Å². The Labute approximate surface area is 116 Å². The molecule has 0 aromatic carbocycles. The van der Waals surface area contributed by atoms with E-state index in [1.54, 1.807) is 0 Å².